The average Bonchev–Trinajstić information content (AvgIpc) is 2.48. The number of piperazine rings is 1. The van der Waals surface area contributed by atoms with Crippen molar-refractivity contribution < 1.29 is 9.59 Å². The third kappa shape index (κ3) is 4.27. The zero-order valence-electron chi connectivity index (χ0n) is 13.3. The number of aromatic nitrogens is 1. The SMILES string of the molecule is CC(C)(CC(=O)N1CCN(Cc2cccnc2)CC1)C(N)=O. The molecule has 22 heavy (non-hydrogen) atoms. The Morgan fingerprint density at radius 2 is 1.95 bits per heavy atom. The Morgan fingerprint density at radius 1 is 1.27 bits per heavy atom. The van der Waals surface area contributed by atoms with Crippen LogP contribution in [0.15, 0.2) is 24.5 Å². The molecule has 0 saturated carbocycles. The molecule has 120 valence electrons. The molecule has 1 aromatic rings. The predicted molar refractivity (Wildman–Crippen MR) is 83.7 cm³/mol. The first kappa shape index (κ1) is 16.4. The fourth-order valence-corrected chi connectivity index (χ4v) is 2.48. The quantitative estimate of drug-likeness (QED) is 0.865. The van der Waals surface area contributed by atoms with E-state index in [0.29, 0.717) is 13.1 Å². The molecule has 1 aromatic heterocycles. The van der Waals surface area contributed by atoms with E-state index in [1.807, 2.05) is 17.2 Å². The van der Waals surface area contributed by atoms with Gasteiger partial charge in [0.1, 0.15) is 0 Å². The Balaban J connectivity index is 1.82. The maximum absolute atomic E-state index is 12.3. The number of nitrogens with zero attached hydrogens (tertiary/aromatic N) is 3. The number of hydrogen-bond acceptors (Lipinski definition) is 4. The molecule has 0 aliphatic carbocycles. The molecule has 2 rings (SSSR count). The number of pyridine rings is 1. The van der Waals surface area contributed by atoms with Crippen molar-refractivity contribution in [1.82, 2.24) is 14.8 Å². The Bertz CT molecular complexity index is 522. The summed E-state index contributed by atoms with van der Waals surface area (Å²) in [5, 5.41) is 0. The summed E-state index contributed by atoms with van der Waals surface area (Å²) < 4.78 is 0. The molecule has 0 atom stereocenters. The average molecular weight is 304 g/mol. The fraction of sp³-hybridized carbons (Fsp3) is 0.562. The number of hydrogen-bond donors (Lipinski definition) is 1. The number of nitrogens with two attached hydrogens (primary N) is 1. The molecular weight excluding hydrogens is 280 g/mol. The molecule has 2 N–H and O–H groups in total. The zero-order chi connectivity index (χ0) is 16.2. The van der Waals surface area contributed by atoms with Crippen LogP contribution in [0.5, 0.6) is 0 Å². The van der Waals surface area contributed by atoms with E-state index in [1.165, 1.54) is 5.56 Å². The number of primary amides is 1. The Hall–Kier alpha value is -1.95. The van der Waals surface area contributed by atoms with Gasteiger partial charge < -0.3 is 10.6 Å². The summed E-state index contributed by atoms with van der Waals surface area (Å²) in [6.07, 6.45) is 3.80. The Morgan fingerprint density at radius 3 is 2.50 bits per heavy atom. The van der Waals surface area contributed by atoms with E-state index in [2.05, 4.69) is 16.0 Å². The van der Waals surface area contributed by atoms with Crippen molar-refractivity contribution in [3.63, 3.8) is 0 Å². The van der Waals surface area contributed by atoms with Gasteiger partial charge in [0, 0.05) is 51.5 Å². The highest BCUT2D eigenvalue weighted by atomic mass is 16.2. The molecule has 0 aromatic carbocycles. The van der Waals surface area contributed by atoms with Gasteiger partial charge in [0.2, 0.25) is 11.8 Å². The van der Waals surface area contributed by atoms with Crippen LogP contribution in [0, 0.1) is 5.41 Å². The molecule has 0 radical (unpaired) electrons. The van der Waals surface area contributed by atoms with E-state index in [9.17, 15) is 9.59 Å². The van der Waals surface area contributed by atoms with E-state index in [0.717, 1.165) is 19.6 Å². The third-order valence-corrected chi connectivity index (χ3v) is 4.11. The van der Waals surface area contributed by atoms with Crippen LogP contribution in [-0.4, -0.2) is 52.8 Å². The summed E-state index contributed by atoms with van der Waals surface area (Å²) in [5.41, 5.74) is 5.72. The van der Waals surface area contributed by atoms with E-state index in [1.54, 1.807) is 20.0 Å². The highest BCUT2D eigenvalue weighted by Gasteiger charge is 2.31. The lowest BCUT2D eigenvalue weighted by molar-refractivity contribution is -0.139. The van der Waals surface area contributed by atoms with Gasteiger partial charge >= 0.3 is 0 Å². The first-order valence-corrected chi connectivity index (χ1v) is 7.57. The molecule has 1 aliphatic rings. The van der Waals surface area contributed by atoms with Crippen molar-refractivity contribution in [2.45, 2.75) is 26.8 Å². The molecule has 0 bridgehead atoms. The van der Waals surface area contributed by atoms with Crippen LogP contribution in [0.4, 0.5) is 0 Å². The second kappa shape index (κ2) is 6.87. The monoisotopic (exact) mass is 304 g/mol. The maximum Gasteiger partial charge on any atom is 0.223 e. The van der Waals surface area contributed by atoms with Crippen LogP contribution in [-0.2, 0) is 16.1 Å². The minimum atomic E-state index is -0.788. The van der Waals surface area contributed by atoms with Crippen LogP contribution in [0.25, 0.3) is 0 Å². The van der Waals surface area contributed by atoms with Crippen LogP contribution in [0.3, 0.4) is 0 Å². The highest BCUT2D eigenvalue weighted by Crippen LogP contribution is 2.21. The third-order valence-electron chi connectivity index (χ3n) is 4.11. The van der Waals surface area contributed by atoms with Gasteiger partial charge in [0.15, 0.2) is 0 Å². The van der Waals surface area contributed by atoms with Gasteiger partial charge in [-0.15, -0.1) is 0 Å². The van der Waals surface area contributed by atoms with Crippen molar-refractivity contribution in [2.75, 3.05) is 26.2 Å². The first-order valence-electron chi connectivity index (χ1n) is 7.57. The van der Waals surface area contributed by atoms with Gasteiger partial charge in [-0.1, -0.05) is 19.9 Å². The second-order valence-electron chi connectivity index (χ2n) is 6.44. The molecule has 6 nitrogen and oxygen atoms in total. The number of amides is 2. The predicted octanol–water partition coefficient (Wildman–Crippen LogP) is 0.627. The Kier molecular flexibility index (Phi) is 5.13. The topological polar surface area (TPSA) is 79.5 Å². The fourth-order valence-electron chi connectivity index (χ4n) is 2.48. The molecule has 2 heterocycles. The minimum absolute atomic E-state index is 0.00447. The van der Waals surface area contributed by atoms with Gasteiger partial charge in [-0.3, -0.25) is 19.5 Å². The lowest BCUT2D eigenvalue weighted by Gasteiger charge is -2.36. The summed E-state index contributed by atoms with van der Waals surface area (Å²) >= 11 is 0. The lowest BCUT2D eigenvalue weighted by Crippen LogP contribution is -2.49. The van der Waals surface area contributed by atoms with Crippen LogP contribution in [0.1, 0.15) is 25.8 Å². The van der Waals surface area contributed by atoms with Crippen molar-refractivity contribution >= 4 is 11.8 Å². The van der Waals surface area contributed by atoms with Crippen molar-refractivity contribution in [3.05, 3.63) is 30.1 Å². The smallest absolute Gasteiger partial charge is 0.223 e. The van der Waals surface area contributed by atoms with Gasteiger partial charge in [-0.05, 0) is 11.6 Å². The number of carbonyl (C=O) groups excluding carboxylic acids is 2. The van der Waals surface area contributed by atoms with Crippen LogP contribution >= 0.6 is 0 Å². The van der Waals surface area contributed by atoms with E-state index < -0.39 is 11.3 Å². The Labute approximate surface area is 131 Å². The molecule has 2 amide bonds. The summed E-state index contributed by atoms with van der Waals surface area (Å²) in [6, 6.07) is 3.99. The van der Waals surface area contributed by atoms with Gasteiger partial charge in [0.25, 0.3) is 0 Å². The van der Waals surface area contributed by atoms with Crippen LogP contribution in [0.2, 0.25) is 0 Å². The first-order chi connectivity index (χ1) is 10.4. The van der Waals surface area contributed by atoms with Gasteiger partial charge in [-0.25, -0.2) is 0 Å². The van der Waals surface area contributed by atoms with Crippen molar-refractivity contribution in [3.8, 4) is 0 Å². The molecule has 1 aliphatic heterocycles. The van der Waals surface area contributed by atoms with Crippen molar-refractivity contribution in [1.29, 1.82) is 0 Å². The lowest BCUT2D eigenvalue weighted by atomic mass is 9.88. The maximum atomic E-state index is 12.3. The molecule has 0 spiro atoms. The molecule has 1 fully saturated rings. The summed E-state index contributed by atoms with van der Waals surface area (Å²) in [7, 11) is 0. The highest BCUT2D eigenvalue weighted by molar-refractivity contribution is 5.87. The van der Waals surface area contributed by atoms with E-state index in [4.69, 9.17) is 5.73 Å². The van der Waals surface area contributed by atoms with Crippen molar-refractivity contribution in [2.24, 2.45) is 11.1 Å². The minimum Gasteiger partial charge on any atom is -0.369 e. The largest absolute Gasteiger partial charge is 0.369 e. The summed E-state index contributed by atoms with van der Waals surface area (Å²) in [6.45, 7) is 7.32. The van der Waals surface area contributed by atoms with Gasteiger partial charge in [0.05, 0.1) is 5.41 Å². The molecular formula is C16H24N4O2. The zero-order valence-corrected chi connectivity index (χ0v) is 13.3. The summed E-state index contributed by atoms with van der Waals surface area (Å²) in [4.78, 5) is 31.8. The number of rotatable bonds is 5. The summed E-state index contributed by atoms with van der Waals surface area (Å²) in [5.74, 6) is -0.430. The normalized spacial score (nSPS) is 16.5. The second-order valence-corrected chi connectivity index (χ2v) is 6.44. The van der Waals surface area contributed by atoms with Gasteiger partial charge in [-0.2, -0.15) is 0 Å². The van der Waals surface area contributed by atoms with Crippen LogP contribution < -0.4 is 5.73 Å². The van der Waals surface area contributed by atoms with E-state index >= 15 is 0 Å². The molecule has 6 heteroatoms. The van der Waals surface area contributed by atoms with E-state index in [-0.39, 0.29) is 12.3 Å². The molecule has 0 unspecified atom stereocenters. The number of carbonyl (C=O) groups is 2. The molecule has 1 saturated heterocycles. The standard InChI is InChI=1S/C16H24N4O2/c1-16(2,15(17)22)10-14(21)20-8-6-19(7-9-20)12-13-4-3-5-18-11-13/h3-5,11H,6-10,12H2,1-2H3,(H2,17,22).